The maximum Gasteiger partial charge on any atom is 0.191 e. The summed E-state index contributed by atoms with van der Waals surface area (Å²) in [6.07, 6.45) is 3.27. The molecule has 0 atom stereocenters. The average Bonchev–Trinajstić information content (AvgIpc) is 2.50. The molecule has 0 heterocycles. The van der Waals surface area contributed by atoms with Crippen LogP contribution in [0.5, 0.6) is 5.75 Å². The van der Waals surface area contributed by atoms with Gasteiger partial charge in [0, 0.05) is 18.7 Å². The molecule has 0 radical (unpaired) electrons. The van der Waals surface area contributed by atoms with Gasteiger partial charge in [-0.3, -0.25) is 0 Å². The largest absolute Gasteiger partial charge is 0.494 e. The third-order valence-corrected chi connectivity index (χ3v) is 3.54. The van der Waals surface area contributed by atoms with E-state index in [1.807, 2.05) is 36.9 Å². The van der Waals surface area contributed by atoms with Gasteiger partial charge in [0.15, 0.2) is 5.96 Å². The SMILES string of the molecule is CCNC(=NCc1ccccc1OCC)NCCCSC. The van der Waals surface area contributed by atoms with Gasteiger partial charge in [-0.25, -0.2) is 4.99 Å². The van der Waals surface area contributed by atoms with Crippen LogP contribution in [0.1, 0.15) is 25.8 Å². The molecule has 0 fully saturated rings. The van der Waals surface area contributed by atoms with Crippen molar-refractivity contribution in [3.05, 3.63) is 29.8 Å². The number of benzene rings is 1. The number of hydrogen-bond donors (Lipinski definition) is 2. The second kappa shape index (κ2) is 11.3. The normalized spacial score (nSPS) is 11.3. The first kappa shape index (κ1) is 17.7. The molecule has 0 bridgehead atoms. The second-order valence-electron chi connectivity index (χ2n) is 4.51. The van der Waals surface area contributed by atoms with E-state index in [9.17, 15) is 0 Å². The highest BCUT2D eigenvalue weighted by molar-refractivity contribution is 7.98. The van der Waals surface area contributed by atoms with Gasteiger partial charge in [0.2, 0.25) is 0 Å². The Morgan fingerprint density at radius 2 is 2.05 bits per heavy atom. The first-order valence-electron chi connectivity index (χ1n) is 7.53. The summed E-state index contributed by atoms with van der Waals surface area (Å²) in [5.41, 5.74) is 1.11. The van der Waals surface area contributed by atoms with Crippen LogP contribution in [0.2, 0.25) is 0 Å². The van der Waals surface area contributed by atoms with Gasteiger partial charge in [-0.05, 0) is 38.3 Å². The summed E-state index contributed by atoms with van der Waals surface area (Å²) in [4.78, 5) is 4.63. The van der Waals surface area contributed by atoms with Crippen molar-refractivity contribution < 1.29 is 4.74 Å². The van der Waals surface area contributed by atoms with E-state index < -0.39 is 0 Å². The summed E-state index contributed by atoms with van der Waals surface area (Å²) in [5.74, 6) is 2.95. The van der Waals surface area contributed by atoms with Crippen LogP contribution in [0.25, 0.3) is 0 Å². The molecule has 2 N–H and O–H groups in total. The van der Waals surface area contributed by atoms with E-state index in [1.165, 1.54) is 5.75 Å². The molecule has 5 heteroatoms. The van der Waals surface area contributed by atoms with Crippen molar-refractivity contribution in [3.8, 4) is 5.75 Å². The molecule has 1 rings (SSSR count). The Balaban J connectivity index is 2.60. The van der Waals surface area contributed by atoms with Crippen molar-refractivity contribution in [2.75, 3.05) is 31.7 Å². The van der Waals surface area contributed by atoms with Crippen LogP contribution in [0.15, 0.2) is 29.3 Å². The summed E-state index contributed by atoms with van der Waals surface area (Å²) in [5, 5.41) is 6.63. The molecular formula is C16H27N3OS. The average molecular weight is 309 g/mol. The molecule has 0 amide bonds. The molecule has 1 aromatic carbocycles. The molecule has 4 nitrogen and oxygen atoms in total. The molecule has 0 aliphatic carbocycles. The molecule has 1 aromatic rings. The van der Waals surface area contributed by atoms with Crippen molar-refractivity contribution in [3.63, 3.8) is 0 Å². The minimum Gasteiger partial charge on any atom is -0.494 e. The van der Waals surface area contributed by atoms with E-state index in [-0.39, 0.29) is 0 Å². The van der Waals surface area contributed by atoms with Crippen molar-refractivity contribution in [1.29, 1.82) is 0 Å². The van der Waals surface area contributed by atoms with Gasteiger partial charge in [-0.2, -0.15) is 11.8 Å². The van der Waals surface area contributed by atoms with Crippen LogP contribution >= 0.6 is 11.8 Å². The fourth-order valence-electron chi connectivity index (χ4n) is 1.86. The Morgan fingerprint density at radius 3 is 2.76 bits per heavy atom. The maximum atomic E-state index is 5.63. The molecule has 0 aliphatic rings. The van der Waals surface area contributed by atoms with Crippen molar-refractivity contribution in [2.45, 2.75) is 26.8 Å². The topological polar surface area (TPSA) is 45.7 Å². The minimum absolute atomic E-state index is 0.619. The maximum absolute atomic E-state index is 5.63. The fraction of sp³-hybridized carbons (Fsp3) is 0.562. The third-order valence-electron chi connectivity index (χ3n) is 2.84. The zero-order chi connectivity index (χ0) is 15.3. The summed E-state index contributed by atoms with van der Waals surface area (Å²) in [6, 6.07) is 8.06. The smallest absolute Gasteiger partial charge is 0.191 e. The highest BCUT2D eigenvalue weighted by Gasteiger charge is 2.02. The van der Waals surface area contributed by atoms with Gasteiger partial charge in [0.05, 0.1) is 13.2 Å². The summed E-state index contributed by atoms with van der Waals surface area (Å²) < 4.78 is 5.63. The first-order chi connectivity index (χ1) is 10.3. The number of ether oxygens (including phenoxy) is 1. The quantitative estimate of drug-likeness (QED) is 0.418. The standard InChI is InChI=1S/C16H27N3OS/c1-4-17-16(18-11-8-12-21-3)19-13-14-9-6-7-10-15(14)20-5-2/h6-7,9-10H,4-5,8,11-13H2,1-3H3,(H2,17,18,19). The number of rotatable bonds is 9. The molecule has 0 saturated carbocycles. The van der Waals surface area contributed by atoms with E-state index in [1.54, 1.807) is 0 Å². The minimum atomic E-state index is 0.619. The van der Waals surface area contributed by atoms with Crippen LogP contribution in [0.3, 0.4) is 0 Å². The Bertz CT molecular complexity index is 424. The Labute approximate surface area is 132 Å². The van der Waals surface area contributed by atoms with Gasteiger partial charge in [0.25, 0.3) is 0 Å². The summed E-state index contributed by atoms with van der Waals surface area (Å²) in [7, 11) is 0. The number of nitrogens with zero attached hydrogens (tertiary/aromatic N) is 1. The lowest BCUT2D eigenvalue weighted by Gasteiger charge is -2.12. The third kappa shape index (κ3) is 7.27. The Kier molecular flexibility index (Phi) is 9.53. The van der Waals surface area contributed by atoms with Crippen LogP contribution < -0.4 is 15.4 Å². The van der Waals surface area contributed by atoms with Crippen LogP contribution in [-0.4, -0.2) is 37.7 Å². The van der Waals surface area contributed by atoms with Gasteiger partial charge in [0.1, 0.15) is 5.75 Å². The Morgan fingerprint density at radius 1 is 1.24 bits per heavy atom. The number of para-hydroxylation sites is 1. The summed E-state index contributed by atoms with van der Waals surface area (Å²) >= 11 is 1.87. The van der Waals surface area contributed by atoms with Crippen LogP contribution in [0, 0.1) is 0 Å². The van der Waals surface area contributed by atoms with E-state index in [4.69, 9.17) is 4.74 Å². The molecular weight excluding hydrogens is 282 g/mol. The molecule has 118 valence electrons. The lowest BCUT2D eigenvalue weighted by molar-refractivity contribution is 0.336. The fourth-order valence-corrected chi connectivity index (χ4v) is 2.29. The molecule has 0 unspecified atom stereocenters. The lowest BCUT2D eigenvalue weighted by atomic mass is 10.2. The monoisotopic (exact) mass is 309 g/mol. The highest BCUT2D eigenvalue weighted by atomic mass is 32.2. The number of thioether (sulfide) groups is 1. The van der Waals surface area contributed by atoms with E-state index in [0.717, 1.165) is 36.8 Å². The van der Waals surface area contributed by atoms with Crippen molar-refractivity contribution in [2.24, 2.45) is 4.99 Å². The number of nitrogens with one attached hydrogen (secondary N) is 2. The predicted molar refractivity (Wildman–Crippen MR) is 93.4 cm³/mol. The zero-order valence-corrected chi connectivity index (χ0v) is 14.1. The first-order valence-corrected chi connectivity index (χ1v) is 8.93. The van der Waals surface area contributed by atoms with Gasteiger partial charge >= 0.3 is 0 Å². The van der Waals surface area contributed by atoms with Gasteiger partial charge in [-0.1, -0.05) is 18.2 Å². The summed E-state index contributed by atoms with van der Waals surface area (Å²) in [6.45, 7) is 7.17. The van der Waals surface area contributed by atoms with Crippen LogP contribution in [0.4, 0.5) is 0 Å². The Hall–Kier alpha value is -1.36. The predicted octanol–water partition coefficient (Wildman–Crippen LogP) is 2.89. The van der Waals surface area contributed by atoms with Crippen molar-refractivity contribution in [1.82, 2.24) is 10.6 Å². The zero-order valence-electron chi connectivity index (χ0n) is 13.3. The molecule has 0 aromatic heterocycles. The highest BCUT2D eigenvalue weighted by Crippen LogP contribution is 2.18. The molecule has 0 aliphatic heterocycles. The number of guanidine groups is 1. The molecule has 0 spiro atoms. The molecule has 0 saturated heterocycles. The van der Waals surface area contributed by atoms with E-state index in [0.29, 0.717) is 13.2 Å². The number of hydrogen-bond acceptors (Lipinski definition) is 3. The lowest BCUT2D eigenvalue weighted by Crippen LogP contribution is -2.37. The molecule has 21 heavy (non-hydrogen) atoms. The van der Waals surface area contributed by atoms with Gasteiger partial charge < -0.3 is 15.4 Å². The van der Waals surface area contributed by atoms with Crippen molar-refractivity contribution >= 4 is 17.7 Å². The van der Waals surface area contributed by atoms with Crippen LogP contribution in [-0.2, 0) is 6.54 Å². The van der Waals surface area contributed by atoms with E-state index in [2.05, 4.69) is 34.9 Å². The van der Waals surface area contributed by atoms with Gasteiger partial charge in [-0.15, -0.1) is 0 Å². The van der Waals surface area contributed by atoms with E-state index >= 15 is 0 Å². The second-order valence-corrected chi connectivity index (χ2v) is 5.49. The number of aliphatic imine (C=N–C) groups is 1.